The minimum atomic E-state index is -0.289. The number of benzene rings is 1. The highest BCUT2D eigenvalue weighted by atomic mass is 35.5. The highest BCUT2D eigenvalue weighted by Gasteiger charge is 2.12. The molecule has 0 aliphatic rings. The molecular weight excluding hydrogens is 283 g/mol. The van der Waals surface area contributed by atoms with E-state index in [0.717, 1.165) is 11.3 Å². The monoisotopic (exact) mass is 294 g/mol. The smallest absolute Gasteiger partial charge is 0.258 e. The van der Waals surface area contributed by atoms with Crippen LogP contribution in [0.4, 0.5) is 5.69 Å². The van der Waals surface area contributed by atoms with Crippen molar-refractivity contribution in [3.63, 3.8) is 0 Å². The topological polar surface area (TPSA) is 42.0 Å². The Labute approximate surface area is 121 Å². The van der Waals surface area contributed by atoms with Crippen molar-refractivity contribution in [2.45, 2.75) is 13.8 Å². The summed E-state index contributed by atoms with van der Waals surface area (Å²) in [6.07, 6.45) is 1.47. The van der Waals surface area contributed by atoms with Crippen molar-refractivity contribution in [2.75, 3.05) is 5.32 Å². The largest absolute Gasteiger partial charge is 0.322 e. The summed E-state index contributed by atoms with van der Waals surface area (Å²) in [6, 6.07) is 6.92. The summed E-state index contributed by atoms with van der Waals surface area (Å²) < 4.78 is 0. The fourth-order valence-electron chi connectivity index (χ4n) is 1.65. The number of hydrogen-bond acceptors (Lipinski definition) is 2. The molecule has 0 unspecified atom stereocenters. The maximum atomic E-state index is 12.1. The van der Waals surface area contributed by atoms with Crippen LogP contribution >= 0.6 is 23.2 Å². The van der Waals surface area contributed by atoms with Gasteiger partial charge in [0.15, 0.2) is 0 Å². The van der Waals surface area contributed by atoms with Gasteiger partial charge in [0.25, 0.3) is 5.91 Å². The number of nitrogens with one attached hydrogen (secondary N) is 1. The fraction of sp³-hybridized carbons (Fsp3) is 0.143. The van der Waals surface area contributed by atoms with Gasteiger partial charge in [-0.15, -0.1) is 0 Å². The summed E-state index contributed by atoms with van der Waals surface area (Å²) in [7, 11) is 0. The van der Waals surface area contributed by atoms with E-state index in [2.05, 4.69) is 10.3 Å². The van der Waals surface area contributed by atoms with Crippen LogP contribution in [-0.2, 0) is 0 Å². The number of pyridine rings is 1. The first-order valence-electron chi connectivity index (χ1n) is 5.67. The summed E-state index contributed by atoms with van der Waals surface area (Å²) in [6.45, 7) is 3.69. The number of halogens is 2. The number of anilines is 1. The predicted octanol–water partition coefficient (Wildman–Crippen LogP) is 4.26. The highest BCUT2D eigenvalue weighted by molar-refractivity contribution is 6.34. The number of aromatic nitrogens is 1. The zero-order chi connectivity index (χ0) is 14.0. The lowest BCUT2D eigenvalue weighted by Crippen LogP contribution is -2.13. The molecule has 1 amide bonds. The molecule has 0 spiro atoms. The highest BCUT2D eigenvalue weighted by Crippen LogP contribution is 2.22. The van der Waals surface area contributed by atoms with Gasteiger partial charge < -0.3 is 5.32 Å². The van der Waals surface area contributed by atoms with Crippen LogP contribution in [0.15, 0.2) is 30.5 Å². The number of rotatable bonds is 2. The van der Waals surface area contributed by atoms with Crippen LogP contribution in [0.3, 0.4) is 0 Å². The van der Waals surface area contributed by atoms with Gasteiger partial charge in [-0.1, -0.05) is 23.2 Å². The first-order chi connectivity index (χ1) is 8.97. The van der Waals surface area contributed by atoms with Gasteiger partial charge in [0, 0.05) is 22.6 Å². The maximum Gasteiger partial charge on any atom is 0.258 e. The second-order valence-corrected chi connectivity index (χ2v) is 5.06. The Bertz CT molecular complexity index is 641. The van der Waals surface area contributed by atoms with Gasteiger partial charge in [-0.05, 0) is 43.7 Å². The van der Waals surface area contributed by atoms with E-state index in [1.165, 1.54) is 6.20 Å². The number of hydrogen-bond donors (Lipinski definition) is 1. The molecule has 1 aromatic heterocycles. The van der Waals surface area contributed by atoms with E-state index in [0.29, 0.717) is 21.3 Å². The van der Waals surface area contributed by atoms with E-state index in [1.807, 2.05) is 13.8 Å². The number of carbonyl (C=O) groups excluding carboxylic acids is 1. The molecule has 2 aromatic rings. The van der Waals surface area contributed by atoms with Crippen molar-refractivity contribution in [3.8, 4) is 0 Å². The lowest BCUT2D eigenvalue weighted by atomic mass is 10.2. The van der Waals surface area contributed by atoms with E-state index in [1.54, 1.807) is 24.3 Å². The summed E-state index contributed by atoms with van der Waals surface area (Å²) in [4.78, 5) is 16.2. The first kappa shape index (κ1) is 13.8. The molecule has 0 aliphatic heterocycles. The Morgan fingerprint density at radius 3 is 2.58 bits per heavy atom. The van der Waals surface area contributed by atoms with Gasteiger partial charge in [0.05, 0.1) is 10.6 Å². The molecule has 98 valence electrons. The third-order valence-electron chi connectivity index (χ3n) is 2.67. The molecule has 1 heterocycles. The SMILES string of the molecule is Cc1cc(Cl)c(C(=O)Nc2ccc(Cl)cc2C)cn1. The fourth-order valence-corrected chi connectivity index (χ4v) is 2.17. The van der Waals surface area contributed by atoms with E-state index in [9.17, 15) is 4.79 Å². The Kier molecular flexibility index (Phi) is 4.08. The molecule has 0 atom stereocenters. The summed E-state index contributed by atoms with van der Waals surface area (Å²) in [5, 5.41) is 3.81. The molecule has 0 bridgehead atoms. The van der Waals surface area contributed by atoms with Crippen LogP contribution in [0.5, 0.6) is 0 Å². The van der Waals surface area contributed by atoms with Gasteiger partial charge in [-0.3, -0.25) is 9.78 Å². The molecule has 1 N–H and O–H groups in total. The molecule has 0 saturated carbocycles. The summed E-state index contributed by atoms with van der Waals surface area (Å²) >= 11 is 11.9. The lowest BCUT2D eigenvalue weighted by molar-refractivity contribution is 0.102. The summed E-state index contributed by atoms with van der Waals surface area (Å²) in [5.41, 5.74) is 2.70. The molecule has 19 heavy (non-hydrogen) atoms. The quantitative estimate of drug-likeness (QED) is 0.899. The summed E-state index contributed by atoms with van der Waals surface area (Å²) in [5.74, 6) is -0.289. The molecule has 5 heteroatoms. The molecular formula is C14H12Cl2N2O. The van der Waals surface area contributed by atoms with E-state index >= 15 is 0 Å². The molecule has 0 fully saturated rings. The van der Waals surface area contributed by atoms with Crippen molar-refractivity contribution in [1.82, 2.24) is 4.98 Å². The number of nitrogens with zero attached hydrogens (tertiary/aromatic N) is 1. The predicted molar refractivity (Wildman–Crippen MR) is 78.1 cm³/mol. The normalized spacial score (nSPS) is 10.3. The minimum absolute atomic E-state index is 0.289. The average Bonchev–Trinajstić information content (AvgIpc) is 2.32. The Morgan fingerprint density at radius 2 is 1.95 bits per heavy atom. The molecule has 2 rings (SSSR count). The molecule has 3 nitrogen and oxygen atoms in total. The second kappa shape index (κ2) is 5.59. The lowest BCUT2D eigenvalue weighted by Gasteiger charge is -2.09. The van der Waals surface area contributed by atoms with Gasteiger partial charge >= 0.3 is 0 Å². The van der Waals surface area contributed by atoms with Crippen molar-refractivity contribution in [3.05, 3.63) is 57.3 Å². The third-order valence-corrected chi connectivity index (χ3v) is 3.22. The molecule has 0 aliphatic carbocycles. The van der Waals surface area contributed by atoms with Crippen molar-refractivity contribution < 1.29 is 4.79 Å². The van der Waals surface area contributed by atoms with Crippen LogP contribution in [0, 0.1) is 13.8 Å². The van der Waals surface area contributed by atoms with E-state index in [-0.39, 0.29) is 5.91 Å². The van der Waals surface area contributed by atoms with Crippen molar-refractivity contribution >= 4 is 34.8 Å². The van der Waals surface area contributed by atoms with Crippen LogP contribution in [-0.4, -0.2) is 10.9 Å². The van der Waals surface area contributed by atoms with Crippen LogP contribution in [0.25, 0.3) is 0 Å². The number of amides is 1. The molecule has 1 aromatic carbocycles. The average molecular weight is 295 g/mol. The minimum Gasteiger partial charge on any atom is -0.322 e. The van der Waals surface area contributed by atoms with Gasteiger partial charge in [0.1, 0.15) is 0 Å². The second-order valence-electron chi connectivity index (χ2n) is 4.22. The van der Waals surface area contributed by atoms with Crippen molar-refractivity contribution in [2.24, 2.45) is 0 Å². The Hall–Kier alpha value is -1.58. The standard InChI is InChI=1S/C14H12Cl2N2O/c1-8-5-10(15)3-4-13(8)18-14(19)11-7-17-9(2)6-12(11)16/h3-7H,1-2H3,(H,18,19). The maximum absolute atomic E-state index is 12.1. The van der Waals surface area contributed by atoms with E-state index < -0.39 is 0 Å². The van der Waals surface area contributed by atoms with Crippen molar-refractivity contribution in [1.29, 1.82) is 0 Å². The van der Waals surface area contributed by atoms with Gasteiger partial charge in [-0.2, -0.15) is 0 Å². The molecule has 0 radical (unpaired) electrons. The van der Waals surface area contributed by atoms with Gasteiger partial charge in [-0.25, -0.2) is 0 Å². The third kappa shape index (κ3) is 3.25. The van der Waals surface area contributed by atoms with Gasteiger partial charge in [0.2, 0.25) is 0 Å². The van der Waals surface area contributed by atoms with Crippen LogP contribution in [0.1, 0.15) is 21.6 Å². The first-order valence-corrected chi connectivity index (χ1v) is 6.42. The Morgan fingerprint density at radius 1 is 1.21 bits per heavy atom. The number of aryl methyl sites for hydroxylation is 2. The van der Waals surface area contributed by atoms with Crippen LogP contribution in [0.2, 0.25) is 10.0 Å². The van der Waals surface area contributed by atoms with E-state index in [4.69, 9.17) is 23.2 Å². The zero-order valence-corrected chi connectivity index (χ0v) is 12.0. The molecule has 0 saturated heterocycles. The number of carbonyl (C=O) groups is 1. The zero-order valence-electron chi connectivity index (χ0n) is 10.5. The Balaban J connectivity index is 2.25. The van der Waals surface area contributed by atoms with Crippen LogP contribution < -0.4 is 5.32 Å².